The number of halogens is 3. The Morgan fingerprint density at radius 3 is 2.52 bits per heavy atom. The second-order valence-electron chi connectivity index (χ2n) is 5.10. The summed E-state index contributed by atoms with van der Waals surface area (Å²) in [5, 5.41) is 18.8. The predicted molar refractivity (Wildman–Crippen MR) is 110 cm³/mol. The molecule has 3 aromatic rings. The standard InChI is InChI=1S/C17H12BrCl2N3OS/c18-9-1-4-15(14(21)7-9)22-10-2-3-11(13(20)8-10)16(23-24)17-12(19)5-6-25-17/h1-8,22,24H,21H2. The zero-order valence-electron chi connectivity index (χ0n) is 12.6. The van der Waals surface area contributed by atoms with Crippen molar-refractivity contribution < 1.29 is 5.21 Å². The van der Waals surface area contributed by atoms with Gasteiger partial charge in [0.1, 0.15) is 5.71 Å². The lowest BCUT2D eigenvalue weighted by molar-refractivity contribution is 0.320. The molecule has 0 fully saturated rings. The highest BCUT2D eigenvalue weighted by Gasteiger charge is 2.16. The molecule has 0 aliphatic carbocycles. The van der Waals surface area contributed by atoms with Crippen LogP contribution in [0.1, 0.15) is 10.4 Å². The van der Waals surface area contributed by atoms with Crippen LogP contribution >= 0.6 is 50.5 Å². The Morgan fingerprint density at radius 1 is 1.12 bits per heavy atom. The molecule has 0 unspecified atom stereocenters. The van der Waals surface area contributed by atoms with E-state index in [4.69, 9.17) is 28.9 Å². The molecule has 25 heavy (non-hydrogen) atoms. The zero-order chi connectivity index (χ0) is 18.0. The molecular weight excluding hydrogens is 445 g/mol. The van der Waals surface area contributed by atoms with Gasteiger partial charge in [-0.25, -0.2) is 0 Å². The van der Waals surface area contributed by atoms with Crippen LogP contribution < -0.4 is 11.1 Å². The van der Waals surface area contributed by atoms with Crippen molar-refractivity contribution in [3.63, 3.8) is 0 Å². The lowest BCUT2D eigenvalue weighted by Gasteiger charge is -2.12. The van der Waals surface area contributed by atoms with Crippen molar-refractivity contribution >= 4 is 73.2 Å². The van der Waals surface area contributed by atoms with E-state index in [1.807, 2.05) is 29.6 Å². The minimum absolute atomic E-state index is 0.333. The molecule has 128 valence electrons. The number of nitrogens with one attached hydrogen (secondary N) is 1. The van der Waals surface area contributed by atoms with E-state index >= 15 is 0 Å². The SMILES string of the molecule is Nc1cc(Br)ccc1Nc1ccc(C(=NO)c2sccc2Cl)c(Cl)c1. The van der Waals surface area contributed by atoms with Crippen LogP contribution in [0.15, 0.2) is 57.5 Å². The van der Waals surface area contributed by atoms with Crippen LogP contribution in [-0.4, -0.2) is 10.9 Å². The topological polar surface area (TPSA) is 70.6 Å². The third-order valence-corrected chi connectivity index (χ3v) is 5.60. The monoisotopic (exact) mass is 455 g/mol. The Bertz CT molecular complexity index is 959. The van der Waals surface area contributed by atoms with E-state index in [0.717, 1.165) is 15.8 Å². The van der Waals surface area contributed by atoms with Crippen molar-refractivity contribution in [2.75, 3.05) is 11.1 Å². The second-order valence-corrected chi connectivity index (χ2v) is 7.74. The van der Waals surface area contributed by atoms with E-state index in [0.29, 0.717) is 31.9 Å². The normalized spacial score (nSPS) is 11.6. The van der Waals surface area contributed by atoms with E-state index in [1.54, 1.807) is 18.2 Å². The predicted octanol–water partition coefficient (Wildman–Crippen LogP) is 6.37. The molecule has 1 heterocycles. The highest BCUT2D eigenvalue weighted by atomic mass is 79.9. The molecule has 0 spiro atoms. The smallest absolute Gasteiger partial charge is 0.130 e. The van der Waals surface area contributed by atoms with Crippen molar-refractivity contribution in [1.82, 2.24) is 0 Å². The van der Waals surface area contributed by atoms with Gasteiger partial charge >= 0.3 is 0 Å². The first-order chi connectivity index (χ1) is 12.0. The summed E-state index contributed by atoms with van der Waals surface area (Å²) in [4.78, 5) is 0.656. The number of thiophene rings is 1. The Hall–Kier alpha value is -1.73. The largest absolute Gasteiger partial charge is 0.410 e. The summed E-state index contributed by atoms with van der Waals surface area (Å²) in [7, 11) is 0. The molecule has 0 amide bonds. The van der Waals surface area contributed by atoms with Crippen molar-refractivity contribution in [1.29, 1.82) is 0 Å². The summed E-state index contributed by atoms with van der Waals surface area (Å²) in [5.74, 6) is 0. The molecule has 0 aliphatic rings. The molecular formula is C17H12BrCl2N3OS. The van der Waals surface area contributed by atoms with E-state index in [2.05, 4.69) is 26.4 Å². The van der Waals surface area contributed by atoms with Gasteiger partial charge in [0.15, 0.2) is 0 Å². The summed E-state index contributed by atoms with van der Waals surface area (Å²) in [6, 6.07) is 12.7. The molecule has 8 heteroatoms. The number of hydrogen-bond acceptors (Lipinski definition) is 5. The lowest BCUT2D eigenvalue weighted by atomic mass is 10.1. The van der Waals surface area contributed by atoms with Crippen LogP contribution in [0.3, 0.4) is 0 Å². The average molecular weight is 457 g/mol. The maximum absolute atomic E-state index is 9.41. The quantitative estimate of drug-likeness (QED) is 0.185. The number of nitrogens with zero attached hydrogens (tertiary/aromatic N) is 1. The van der Waals surface area contributed by atoms with Gasteiger partial charge in [-0.2, -0.15) is 0 Å². The van der Waals surface area contributed by atoms with E-state index in [9.17, 15) is 5.21 Å². The molecule has 0 saturated carbocycles. The number of oxime groups is 1. The Balaban J connectivity index is 1.92. The fraction of sp³-hybridized carbons (Fsp3) is 0. The molecule has 2 aromatic carbocycles. The minimum Gasteiger partial charge on any atom is -0.410 e. The summed E-state index contributed by atoms with van der Waals surface area (Å²) < 4.78 is 0.903. The molecule has 4 N–H and O–H groups in total. The zero-order valence-corrected chi connectivity index (χ0v) is 16.5. The first kappa shape index (κ1) is 18.1. The van der Waals surface area contributed by atoms with E-state index in [1.165, 1.54) is 11.3 Å². The van der Waals surface area contributed by atoms with Crippen LogP contribution in [0.5, 0.6) is 0 Å². The van der Waals surface area contributed by atoms with Gasteiger partial charge in [-0.05, 0) is 47.8 Å². The van der Waals surface area contributed by atoms with Crippen molar-refractivity contribution in [3.05, 3.63) is 72.8 Å². The molecule has 0 aliphatic heterocycles. The minimum atomic E-state index is 0.333. The Morgan fingerprint density at radius 2 is 1.92 bits per heavy atom. The summed E-state index contributed by atoms with van der Waals surface area (Å²) in [6.07, 6.45) is 0. The number of nitrogens with two attached hydrogens (primary N) is 1. The Kier molecular flexibility index (Phi) is 5.54. The summed E-state index contributed by atoms with van der Waals surface area (Å²) >= 11 is 17.3. The number of anilines is 3. The van der Waals surface area contributed by atoms with Gasteiger partial charge in [-0.15, -0.1) is 11.3 Å². The van der Waals surface area contributed by atoms with Gasteiger partial charge in [0.2, 0.25) is 0 Å². The number of nitrogen functional groups attached to an aromatic ring is 1. The summed E-state index contributed by atoms with van der Waals surface area (Å²) in [5.41, 5.74) is 9.05. The second kappa shape index (κ2) is 7.66. The van der Waals surface area contributed by atoms with E-state index in [-0.39, 0.29) is 0 Å². The molecule has 3 rings (SSSR count). The molecule has 0 bridgehead atoms. The third kappa shape index (κ3) is 3.93. The Labute approximate surface area is 167 Å². The van der Waals surface area contributed by atoms with Gasteiger partial charge in [0.25, 0.3) is 0 Å². The van der Waals surface area contributed by atoms with Gasteiger partial charge < -0.3 is 16.3 Å². The maximum atomic E-state index is 9.41. The fourth-order valence-electron chi connectivity index (χ4n) is 2.27. The first-order valence-corrected chi connectivity index (χ1v) is 9.50. The van der Waals surface area contributed by atoms with E-state index < -0.39 is 0 Å². The maximum Gasteiger partial charge on any atom is 0.130 e. The average Bonchev–Trinajstić information content (AvgIpc) is 2.99. The highest BCUT2D eigenvalue weighted by molar-refractivity contribution is 9.10. The molecule has 0 radical (unpaired) electrons. The van der Waals surface area contributed by atoms with Gasteiger partial charge in [-0.3, -0.25) is 0 Å². The molecule has 0 atom stereocenters. The number of hydrogen-bond donors (Lipinski definition) is 3. The first-order valence-electron chi connectivity index (χ1n) is 7.07. The molecule has 1 aromatic heterocycles. The van der Waals surface area contributed by atoms with Crippen LogP contribution in [0, 0.1) is 0 Å². The van der Waals surface area contributed by atoms with Gasteiger partial charge in [-0.1, -0.05) is 44.3 Å². The van der Waals surface area contributed by atoms with Crippen molar-refractivity contribution in [2.45, 2.75) is 0 Å². The fourth-order valence-corrected chi connectivity index (χ4v) is 4.07. The van der Waals surface area contributed by atoms with Crippen LogP contribution in [0.4, 0.5) is 17.1 Å². The van der Waals surface area contributed by atoms with Gasteiger partial charge in [0.05, 0.1) is 26.3 Å². The van der Waals surface area contributed by atoms with Crippen LogP contribution in [0.25, 0.3) is 0 Å². The van der Waals surface area contributed by atoms with Crippen molar-refractivity contribution in [2.24, 2.45) is 5.16 Å². The molecule has 0 saturated heterocycles. The summed E-state index contributed by atoms with van der Waals surface area (Å²) in [6.45, 7) is 0. The van der Waals surface area contributed by atoms with Crippen molar-refractivity contribution in [3.8, 4) is 0 Å². The highest BCUT2D eigenvalue weighted by Crippen LogP contribution is 2.32. The van der Waals surface area contributed by atoms with Crippen LogP contribution in [-0.2, 0) is 0 Å². The molecule has 4 nitrogen and oxygen atoms in total. The number of rotatable bonds is 4. The lowest BCUT2D eigenvalue weighted by Crippen LogP contribution is -2.03. The number of benzene rings is 2. The van der Waals surface area contributed by atoms with Crippen LogP contribution in [0.2, 0.25) is 10.0 Å². The van der Waals surface area contributed by atoms with Gasteiger partial charge in [0, 0.05) is 15.7 Å². The third-order valence-electron chi connectivity index (χ3n) is 3.45.